The van der Waals surface area contributed by atoms with Crippen molar-refractivity contribution in [3.8, 4) is 0 Å². The molecule has 1 aliphatic heterocycles. The van der Waals surface area contributed by atoms with Gasteiger partial charge in [0.1, 0.15) is 5.92 Å². The SMILES string of the molecule is COC(=O)[C@@H]1C(=O)N(C)[C@H](c2ccccc2)[C@H]1C(=O)OC. The average molecular weight is 291 g/mol. The highest BCUT2D eigenvalue weighted by atomic mass is 16.5. The lowest BCUT2D eigenvalue weighted by molar-refractivity contribution is -0.158. The third kappa shape index (κ3) is 2.49. The van der Waals surface area contributed by atoms with Gasteiger partial charge in [-0.15, -0.1) is 0 Å². The number of carbonyl (C=O) groups excluding carboxylic acids is 3. The molecule has 1 amide bonds. The number of amides is 1. The minimum atomic E-state index is -1.17. The Hall–Kier alpha value is -2.37. The van der Waals surface area contributed by atoms with Gasteiger partial charge in [0.15, 0.2) is 5.92 Å². The lowest BCUT2D eigenvalue weighted by Gasteiger charge is -2.24. The van der Waals surface area contributed by atoms with E-state index < -0.39 is 35.7 Å². The molecular formula is C15H17NO5. The van der Waals surface area contributed by atoms with Crippen molar-refractivity contribution < 1.29 is 23.9 Å². The third-order valence-electron chi connectivity index (χ3n) is 3.80. The number of nitrogens with zero attached hydrogens (tertiary/aromatic N) is 1. The molecule has 0 aromatic heterocycles. The van der Waals surface area contributed by atoms with Gasteiger partial charge >= 0.3 is 11.9 Å². The second-order valence-electron chi connectivity index (χ2n) is 4.85. The molecule has 1 aliphatic rings. The third-order valence-corrected chi connectivity index (χ3v) is 3.80. The van der Waals surface area contributed by atoms with E-state index in [0.717, 1.165) is 5.56 Å². The van der Waals surface area contributed by atoms with E-state index in [9.17, 15) is 14.4 Å². The summed E-state index contributed by atoms with van der Waals surface area (Å²) in [4.78, 5) is 37.7. The summed E-state index contributed by atoms with van der Waals surface area (Å²) < 4.78 is 9.45. The number of esters is 2. The van der Waals surface area contributed by atoms with E-state index >= 15 is 0 Å². The predicted octanol–water partition coefficient (Wildman–Crippen LogP) is 0.778. The summed E-state index contributed by atoms with van der Waals surface area (Å²) in [5.41, 5.74) is 0.773. The molecule has 21 heavy (non-hydrogen) atoms. The topological polar surface area (TPSA) is 72.9 Å². The van der Waals surface area contributed by atoms with Gasteiger partial charge in [-0.2, -0.15) is 0 Å². The number of benzene rings is 1. The molecule has 6 nitrogen and oxygen atoms in total. The van der Waals surface area contributed by atoms with Gasteiger partial charge in [0, 0.05) is 7.05 Å². The minimum Gasteiger partial charge on any atom is -0.469 e. The summed E-state index contributed by atoms with van der Waals surface area (Å²) in [5, 5.41) is 0. The molecule has 1 saturated heterocycles. The molecule has 0 unspecified atom stereocenters. The first kappa shape index (κ1) is 15.0. The van der Waals surface area contributed by atoms with Gasteiger partial charge in [-0.05, 0) is 5.56 Å². The number of likely N-dealkylation sites (tertiary alicyclic amines) is 1. The molecule has 1 fully saturated rings. The summed E-state index contributed by atoms with van der Waals surface area (Å²) in [5.74, 6) is -3.84. The van der Waals surface area contributed by atoms with Crippen molar-refractivity contribution in [1.82, 2.24) is 4.90 Å². The highest BCUT2D eigenvalue weighted by Gasteiger charge is 2.55. The van der Waals surface area contributed by atoms with Crippen LogP contribution in [0.5, 0.6) is 0 Å². The smallest absolute Gasteiger partial charge is 0.319 e. The van der Waals surface area contributed by atoms with Crippen LogP contribution in [0.15, 0.2) is 30.3 Å². The van der Waals surface area contributed by atoms with Crippen molar-refractivity contribution in [3.63, 3.8) is 0 Å². The molecule has 2 rings (SSSR count). The Labute approximate surface area is 122 Å². The largest absolute Gasteiger partial charge is 0.469 e. The predicted molar refractivity (Wildman–Crippen MR) is 73.0 cm³/mol. The first-order chi connectivity index (χ1) is 10.0. The summed E-state index contributed by atoms with van der Waals surface area (Å²) >= 11 is 0. The van der Waals surface area contributed by atoms with Crippen LogP contribution in [0.4, 0.5) is 0 Å². The fraction of sp³-hybridized carbons (Fsp3) is 0.400. The standard InChI is InChI=1S/C15H17NO5/c1-16-12(9-7-5-4-6-8-9)10(14(18)20-2)11(13(16)17)15(19)21-3/h4-8,10-12H,1-3H3/t10-,11-,12+/m0/s1. The molecule has 112 valence electrons. The van der Waals surface area contributed by atoms with E-state index in [0.29, 0.717) is 0 Å². The van der Waals surface area contributed by atoms with Crippen molar-refractivity contribution in [3.05, 3.63) is 35.9 Å². The van der Waals surface area contributed by atoms with E-state index in [2.05, 4.69) is 4.74 Å². The first-order valence-corrected chi connectivity index (χ1v) is 6.50. The zero-order valence-electron chi connectivity index (χ0n) is 12.1. The van der Waals surface area contributed by atoms with Crippen LogP contribution in [0.25, 0.3) is 0 Å². The normalized spacial score (nSPS) is 24.8. The molecule has 0 saturated carbocycles. The van der Waals surface area contributed by atoms with Gasteiger partial charge < -0.3 is 14.4 Å². The number of methoxy groups -OCH3 is 2. The van der Waals surface area contributed by atoms with Crippen LogP contribution in [0.2, 0.25) is 0 Å². The van der Waals surface area contributed by atoms with Gasteiger partial charge in [0.05, 0.1) is 20.3 Å². The molecule has 0 spiro atoms. The lowest BCUT2D eigenvalue weighted by Crippen LogP contribution is -2.33. The summed E-state index contributed by atoms with van der Waals surface area (Å²) in [6.45, 7) is 0. The number of hydrogen-bond acceptors (Lipinski definition) is 5. The van der Waals surface area contributed by atoms with Crippen LogP contribution in [0, 0.1) is 11.8 Å². The average Bonchev–Trinajstić information content (AvgIpc) is 2.78. The molecular weight excluding hydrogens is 274 g/mol. The highest BCUT2D eigenvalue weighted by Crippen LogP contribution is 2.41. The highest BCUT2D eigenvalue weighted by molar-refractivity contribution is 6.04. The van der Waals surface area contributed by atoms with Crippen LogP contribution in [0.1, 0.15) is 11.6 Å². The summed E-state index contributed by atoms with van der Waals surface area (Å²) in [7, 11) is 4.00. The molecule has 6 heteroatoms. The Balaban J connectivity index is 2.49. The Morgan fingerprint density at radius 3 is 2.14 bits per heavy atom. The molecule has 0 radical (unpaired) electrons. The zero-order valence-corrected chi connectivity index (χ0v) is 12.1. The quantitative estimate of drug-likeness (QED) is 0.608. The molecule has 1 aromatic carbocycles. The van der Waals surface area contributed by atoms with Crippen molar-refractivity contribution >= 4 is 17.8 Å². The van der Waals surface area contributed by atoms with Gasteiger partial charge in [-0.25, -0.2) is 0 Å². The van der Waals surface area contributed by atoms with E-state index in [4.69, 9.17) is 4.74 Å². The Kier molecular flexibility index (Phi) is 4.26. The Bertz CT molecular complexity index is 556. The van der Waals surface area contributed by atoms with Crippen molar-refractivity contribution in [2.75, 3.05) is 21.3 Å². The second-order valence-corrected chi connectivity index (χ2v) is 4.85. The number of carbonyl (C=O) groups is 3. The van der Waals surface area contributed by atoms with Crippen LogP contribution in [-0.2, 0) is 23.9 Å². The fourth-order valence-corrected chi connectivity index (χ4v) is 2.79. The second kappa shape index (κ2) is 5.95. The van der Waals surface area contributed by atoms with Crippen LogP contribution in [-0.4, -0.2) is 44.0 Å². The lowest BCUT2D eigenvalue weighted by atomic mass is 9.86. The maximum Gasteiger partial charge on any atom is 0.319 e. The van der Waals surface area contributed by atoms with Crippen LogP contribution >= 0.6 is 0 Å². The summed E-state index contributed by atoms with van der Waals surface area (Å²) in [6, 6.07) is 8.54. The number of ether oxygens (including phenoxy) is 2. The van der Waals surface area contributed by atoms with E-state index in [1.807, 2.05) is 30.3 Å². The van der Waals surface area contributed by atoms with Gasteiger partial charge in [0.2, 0.25) is 5.91 Å². The maximum absolute atomic E-state index is 12.3. The van der Waals surface area contributed by atoms with Gasteiger partial charge in [0.25, 0.3) is 0 Å². The van der Waals surface area contributed by atoms with Gasteiger partial charge in [-0.3, -0.25) is 14.4 Å². The van der Waals surface area contributed by atoms with Crippen LogP contribution in [0.3, 0.4) is 0 Å². The van der Waals surface area contributed by atoms with Gasteiger partial charge in [-0.1, -0.05) is 30.3 Å². The van der Waals surface area contributed by atoms with E-state index in [1.54, 1.807) is 7.05 Å². The molecule has 1 aromatic rings. The zero-order chi connectivity index (χ0) is 15.6. The Morgan fingerprint density at radius 1 is 1.05 bits per heavy atom. The van der Waals surface area contributed by atoms with Crippen molar-refractivity contribution in [1.29, 1.82) is 0 Å². The molecule has 0 aliphatic carbocycles. The number of rotatable bonds is 3. The van der Waals surface area contributed by atoms with Crippen LogP contribution < -0.4 is 0 Å². The number of hydrogen-bond donors (Lipinski definition) is 0. The fourth-order valence-electron chi connectivity index (χ4n) is 2.79. The molecule has 0 bridgehead atoms. The van der Waals surface area contributed by atoms with E-state index in [1.165, 1.54) is 19.1 Å². The Morgan fingerprint density at radius 2 is 1.62 bits per heavy atom. The van der Waals surface area contributed by atoms with E-state index in [-0.39, 0.29) is 0 Å². The maximum atomic E-state index is 12.3. The minimum absolute atomic E-state index is 0.439. The molecule has 3 atom stereocenters. The van der Waals surface area contributed by atoms with Crippen molar-refractivity contribution in [2.45, 2.75) is 6.04 Å². The summed E-state index contributed by atoms with van der Waals surface area (Å²) in [6.07, 6.45) is 0. The van der Waals surface area contributed by atoms with Crippen molar-refractivity contribution in [2.24, 2.45) is 11.8 Å². The first-order valence-electron chi connectivity index (χ1n) is 6.50. The monoisotopic (exact) mass is 291 g/mol. The molecule has 0 N–H and O–H groups in total. The molecule has 1 heterocycles.